The molecule has 84 valence electrons. The van der Waals surface area contributed by atoms with Gasteiger partial charge in [-0.15, -0.1) is 0 Å². The van der Waals surface area contributed by atoms with Gasteiger partial charge in [-0.3, -0.25) is 10.1 Å². The van der Waals surface area contributed by atoms with Gasteiger partial charge in [-0.2, -0.15) is 0 Å². The van der Waals surface area contributed by atoms with Crippen LogP contribution in [0.25, 0.3) is 0 Å². The van der Waals surface area contributed by atoms with Crippen molar-refractivity contribution in [1.82, 2.24) is 0 Å². The van der Waals surface area contributed by atoms with E-state index in [2.05, 4.69) is 0 Å². The summed E-state index contributed by atoms with van der Waals surface area (Å²) in [5.74, 6) is -2.78. The zero-order chi connectivity index (χ0) is 12.3. The van der Waals surface area contributed by atoms with E-state index in [1.54, 1.807) is 0 Å². The van der Waals surface area contributed by atoms with Crippen molar-refractivity contribution in [1.29, 1.82) is 0 Å². The van der Waals surface area contributed by atoms with E-state index in [9.17, 15) is 19.7 Å². The van der Waals surface area contributed by atoms with Crippen molar-refractivity contribution < 1.29 is 24.7 Å². The van der Waals surface area contributed by atoms with Crippen molar-refractivity contribution in [2.45, 2.75) is 6.54 Å². The van der Waals surface area contributed by atoms with Gasteiger partial charge < -0.3 is 10.2 Å². The van der Waals surface area contributed by atoms with Gasteiger partial charge >= 0.3 is 11.9 Å². The Balaban J connectivity index is 3.40. The Labute approximate surface area is 89.1 Å². The first-order chi connectivity index (χ1) is 7.43. The first kappa shape index (κ1) is 11.6. The van der Waals surface area contributed by atoms with Crippen molar-refractivity contribution in [2.24, 2.45) is 0 Å². The molecule has 1 aromatic rings. The van der Waals surface area contributed by atoms with Crippen LogP contribution in [0, 0.1) is 10.1 Å². The Morgan fingerprint density at radius 2 is 1.62 bits per heavy atom. The number of carbonyl (C=O) groups is 2. The lowest BCUT2D eigenvalue weighted by molar-refractivity contribution is -0.496. The van der Waals surface area contributed by atoms with Crippen molar-refractivity contribution in [3.8, 4) is 0 Å². The smallest absolute Gasteiger partial charge is 0.336 e. The van der Waals surface area contributed by atoms with Crippen LogP contribution in [-0.2, 0) is 6.54 Å². The van der Waals surface area contributed by atoms with E-state index in [1.807, 2.05) is 0 Å². The van der Waals surface area contributed by atoms with E-state index in [-0.39, 0.29) is 16.7 Å². The molecular weight excluding hydrogens is 218 g/mol. The summed E-state index contributed by atoms with van der Waals surface area (Å²) in [5, 5.41) is 27.9. The zero-order valence-electron chi connectivity index (χ0n) is 7.91. The number of hydrogen-bond acceptors (Lipinski definition) is 4. The number of nitro groups is 1. The number of aromatic carboxylic acids is 2. The van der Waals surface area contributed by atoms with Crippen LogP contribution in [0.4, 0.5) is 0 Å². The monoisotopic (exact) mass is 225 g/mol. The van der Waals surface area contributed by atoms with Crippen molar-refractivity contribution >= 4 is 11.9 Å². The van der Waals surface area contributed by atoms with Crippen molar-refractivity contribution in [2.75, 3.05) is 0 Å². The number of carboxylic acids is 2. The average molecular weight is 225 g/mol. The van der Waals surface area contributed by atoms with Crippen LogP contribution in [0.5, 0.6) is 0 Å². The number of rotatable bonds is 4. The molecule has 0 saturated heterocycles. The number of benzene rings is 1. The highest BCUT2D eigenvalue weighted by Crippen LogP contribution is 2.16. The van der Waals surface area contributed by atoms with Gasteiger partial charge in [0, 0.05) is 4.92 Å². The van der Waals surface area contributed by atoms with E-state index < -0.39 is 23.4 Å². The van der Waals surface area contributed by atoms with E-state index in [0.29, 0.717) is 0 Å². The second-order valence-corrected chi connectivity index (χ2v) is 2.93. The van der Waals surface area contributed by atoms with Gasteiger partial charge in [0.1, 0.15) is 0 Å². The Hall–Kier alpha value is -2.44. The molecule has 1 rings (SSSR count). The minimum atomic E-state index is -1.39. The molecular formula is C9H7NO6. The van der Waals surface area contributed by atoms with E-state index in [0.717, 1.165) is 12.1 Å². The van der Waals surface area contributed by atoms with Crippen LogP contribution in [0.2, 0.25) is 0 Å². The van der Waals surface area contributed by atoms with Crippen LogP contribution >= 0.6 is 0 Å². The number of hydrogen-bond donors (Lipinski definition) is 2. The molecule has 0 atom stereocenters. The third-order valence-corrected chi connectivity index (χ3v) is 1.92. The Morgan fingerprint density at radius 3 is 1.94 bits per heavy atom. The highest BCUT2D eigenvalue weighted by Gasteiger charge is 2.21. The molecule has 16 heavy (non-hydrogen) atoms. The maximum atomic E-state index is 10.8. The fourth-order valence-corrected chi connectivity index (χ4v) is 1.29. The molecule has 0 aliphatic rings. The predicted molar refractivity (Wildman–Crippen MR) is 51.1 cm³/mol. The quantitative estimate of drug-likeness (QED) is 0.579. The molecule has 0 saturated carbocycles. The fourth-order valence-electron chi connectivity index (χ4n) is 1.29. The summed E-state index contributed by atoms with van der Waals surface area (Å²) in [6.45, 7) is -0.829. The summed E-state index contributed by atoms with van der Waals surface area (Å²) in [6.07, 6.45) is 0. The molecule has 0 fully saturated rings. The molecule has 0 heterocycles. The fraction of sp³-hybridized carbons (Fsp3) is 0.111. The minimum Gasteiger partial charge on any atom is -0.478 e. The first-order valence-electron chi connectivity index (χ1n) is 4.13. The summed E-state index contributed by atoms with van der Waals surface area (Å²) >= 11 is 0. The van der Waals surface area contributed by atoms with Gasteiger partial charge in [0.05, 0.1) is 16.7 Å². The van der Waals surface area contributed by atoms with Gasteiger partial charge in [-0.25, -0.2) is 9.59 Å². The molecule has 0 radical (unpaired) electrons. The molecule has 0 amide bonds. The molecule has 0 bridgehead atoms. The summed E-state index contributed by atoms with van der Waals surface area (Å²) in [4.78, 5) is 31.1. The van der Waals surface area contributed by atoms with Crippen LogP contribution < -0.4 is 0 Å². The molecule has 0 unspecified atom stereocenters. The van der Waals surface area contributed by atoms with Crippen LogP contribution in [0.3, 0.4) is 0 Å². The summed E-state index contributed by atoms with van der Waals surface area (Å²) in [7, 11) is 0. The van der Waals surface area contributed by atoms with Gasteiger partial charge in [0.15, 0.2) is 0 Å². The molecule has 7 heteroatoms. The molecule has 2 N–H and O–H groups in total. The van der Waals surface area contributed by atoms with Crippen molar-refractivity contribution in [3.05, 3.63) is 45.0 Å². The Bertz CT molecular complexity index is 435. The third-order valence-electron chi connectivity index (χ3n) is 1.92. The normalized spacial score (nSPS) is 9.75. The van der Waals surface area contributed by atoms with Crippen LogP contribution in [0.15, 0.2) is 18.2 Å². The predicted octanol–water partition coefficient (Wildman–Crippen LogP) is 0.860. The van der Waals surface area contributed by atoms with Crippen LogP contribution in [-0.4, -0.2) is 27.1 Å². The standard InChI is InChI=1S/C9H7NO6/c11-8(12)5-2-1-3-6(9(13)14)7(5)4-10(15)16/h1-3H,4H2,(H,11,12)(H,13,14). The first-order valence-corrected chi connectivity index (χ1v) is 4.13. The topological polar surface area (TPSA) is 118 Å². The molecule has 0 spiro atoms. The van der Waals surface area contributed by atoms with Gasteiger partial charge in [-0.1, -0.05) is 6.07 Å². The zero-order valence-corrected chi connectivity index (χ0v) is 7.91. The molecule has 0 aromatic heterocycles. The SMILES string of the molecule is O=C(O)c1cccc(C(=O)O)c1C[N+](=O)[O-]. The summed E-state index contributed by atoms with van der Waals surface area (Å²) < 4.78 is 0. The average Bonchev–Trinajstić information content (AvgIpc) is 2.16. The summed E-state index contributed by atoms with van der Waals surface area (Å²) in [5.41, 5.74) is -1.03. The largest absolute Gasteiger partial charge is 0.478 e. The maximum absolute atomic E-state index is 10.8. The van der Waals surface area contributed by atoms with Gasteiger partial charge in [0.2, 0.25) is 6.54 Å². The molecule has 0 aliphatic heterocycles. The summed E-state index contributed by atoms with van der Waals surface area (Å²) in [6, 6.07) is 3.50. The highest BCUT2D eigenvalue weighted by molar-refractivity contribution is 5.96. The second kappa shape index (κ2) is 4.39. The Morgan fingerprint density at radius 1 is 1.19 bits per heavy atom. The molecule has 7 nitrogen and oxygen atoms in total. The van der Waals surface area contributed by atoms with Crippen LogP contribution in [0.1, 0.15) is 26.3 Å². The number of nitrogens with zero attached hydrogens (tertiary/aromatic N) is 1. The lowest BCUT2D eigenvalue weighted by Crippen LogP contribution is -2.13. The maximum Gasteiger partial charge on any atom is 0.336 e. The van der Waals surface area contributed by atoms with Gasteiger partial charge in [-0.05, 0) is 12.1 Å². The third kappa shape index (κ3) is 2.32. The minimum absolute atomic E-state index is 0.299. The van der Waals surface area contributed by atoms with Crippen molar-refractivity contribution in [3.63, 3.8) is 0 Å². The highest BCUT2D eigenvalue weighted by atomic mass is 16.6. The lowest BCUT2D eigenvalue weighted by atomic mass is 10.0. The van der Waals surface area contributed by atoms with E-state index in [1.165, 1.54) is 6.07 Å². The second-order valence-electron chi connectivity index (χ2n) is 2.93. The number of carboxylic acid groups (broad SMARTS) is 2. The Kier molecular flexibility index (Phi) is 3.19. The molecule has 0 aliphatic carbocycles. The van der Waals surface area contributed by atoms with E-state index in [4.69, 9.17) is 10.2 Å². The molecule has 1 aromatic carbocycles. The lowest BCUT2D eigenvalue weighted by Gasteiger charge is -2.05. The van der Waals surface area contributed by atoms with Gasteiger partial charge in [0.25, 0.3) is 0 Å². The van der Waals surface area contributed by atoms with E-state index >= 15 is 0 Å².